The molecular formula is C18H18ClN5O2. The van der Waals surface area contributed by atoms with E-state index in [1.165, 1.54) is 0 Å². The van der Waals surface area contributed by atoms with E-state index in [9.17, 15) is 4.79 Å². The van der Waals surface area contributed by atoms with E-state index in [0.717, 1.165) is 25.0 Å². The van der Waals surface area contributed by atoms with Crippen LogP contribution >= 0.6 is 11.6 Å². The van der Waals surface area contributed by atoms with Crippen LogP contribution in [0.1, 0.15) is 23.3 Å². The van der Waals surface area contributed by atoms with Crippen LogP contribution in [0.15, 0.2) is 42.7 Å². The first kappa shape index (κ1) is 16.8. The van der Waals surface area contributed by atoms with E-state index in [2.05, 4.69) is 20.6 Å². The summed E-state index contributed by atoms with van der Waals surface area (Å²) in [6, 6.07) is 9.04. The number of amides is 1. The Morgan fingerprint density at radius 1 is 1.42 bits per heavy atom. The standard InChI is InChI=1S/C18H18ClN5O2/c19-15-6-2-1-5-14(15)16-8-17(23-22-16)18(25)21-12-9-20-24(10-12)11-13-4-3-7-26-13/h1-2,5-6,8-10,13H,3-4,7,11H2,(H,21,25)(H,22,23). The second kappa shape index (κ2) is 7.31. The minimum Gasteiger partial charge on any atom is -0.376 e. The van der Waals surface area contributed by atoms with Gasteiger partial charge in [-0.3, -0.25) is 14.6 Å². The van der Waals surface area contributed by atoms with Crippen LogP contribution in [-0.2, 0) is 11.3 Å². The number of benzene rings is 1. The second-order valence-corrected chi connectivity index (χ2v) is 6.59. The Bertz CT molecular complexity index is 914. The van der Waals surface area contributed by atoms with Crippen molar-refractivity contribution in [3.63, 3.8) is 0 Å². The van der Waals surface area contributed by atoms with Crippen molar-refractivity contribution in [2.75, 3.05) is 11.9 Å². The molecule has 0 spiro atoms. The van der Waals surface area contributed by atoms with E-state index >= 15 is 0 Å². The van der Waals surface area contributed by atoms with Crippen molar-refractivity contribution in [3.05, 3.63) is 53.4 Å². The summed E-state index contributed by atoms with van der Waals surface area (Å²) in [5, 5.41) is 14.6. The fourth-order valence-corrected chi connectivity index (χ4v) is 3.20. The molecule has 26 heavy (non-hydrogen) atoms. The third-order valence-corrected chi connectivity index (χ3v) is 4.61. The molecule has 1 fully saturated rings. The van der Waals surface area contributed by atoms with Crippen molar-refractivity contribution < 1.29 is 9.53 Å². The number of anilines is 1. The van der Waals surface area contributed by atoms with Crippen LogP contribution in [0.3, 0.4) is 0 Å². The summed E-state index contributed by atoms with van der Waals surface area (Å²) < 4.78 is 7.38. The van der Waals surface area contributed by atoms with Crippen molar-refractivity contribution in [3.8, 4) is 11.3 Å². The summed E-state index contributed by atoms with van der Waals surface area (Å²) in [6.07, 6.45) is 5.75. The van der Waals surface area contributed by atoms with Crippen LogP contribution in [-0.4, -0.2) is 38.6 Å². The molecule has 3 aromatic rings. The molecule has 2 N–H and O–H groups in total. The van der Waals surface area contributed by atoms with Crippen LogP contribution in [0.2, 0.25) is 5.02 Å². The average molecular weight is 372 g/mol. The number of nitrogens with one attached hydrogen (secondary N) is 2. The highest BCUT2D eigenvalue weighted by Crippen LogP contribution is 2.26. The molecule has 7 nitrogen and oxygen atoms in total. The van der Waals surface area contributed by atoms with E-state index < -0.39 is 0 Å². The minimum absolute atomic E-state index is 0.198. The van der Waals surface area contributed by atoms with Gasteiger partial charge in [-0.05, 0) is 25.0 Å². The molecule has 1 aliphatic heterocycles. The molecule has 0 radical (unpaired) electrons. The van der Waals surface area contributed by atoms with Gasteiger partial charge < -0.3 is 10.1 Å². The number of halogens is 1. The first-order chi connectivity index (χ1) is 12.7. The Kier molecular flexibility index (Phi) is 4.73. The zero-order valence-electron chi connectivity index (χ0n) is 14.0. The average Bonchev–Trinajstić information content (AvgIpc) is 3.38. The summed E-state index contributed by atoms with van der Waals surface area (Å²) in [6.45, 7) is 1.50. The second-order valence-electron chi connectivity index (χ2n) is 6.19. The fourth-order valence-electron chi connectivity index (χ4n) is 2.97. The maximum Gasteiger partial charge on any atom is 0.273 e. The zero-order valence-corrected chi connectivity index (χ0v) is 14.7. The molecular weight excluding hydrogens is 354 g/mol. The number of H-pyrrole nitrogens is 1. The Morgan fingerprint density at radius 2 is 2.31 bits per heavy atom. The number of hydrogen-bond donors (Lipinski definition) is 2. The topological polar surface area (TPSA) is 84.8 Å². The van der Waals surface area contributed by atoms with E-state index in [4.69, 9.17) is 16.3 Å². The lowest BCUT2D eigenvalue weighted by atomic mass is 10.1. The van der Waals surface area contributed by atoms with Crippen LogP contribution < -0.4 is 5.32 Å². The SMILES string of the molecule is O=C(Nc1cnn(CC2CCCO2)c1)c1cc(-c2ccccc2Cl)n[nH]1. The first-order valence-corrected chi connectivity index (χ1v) is 8.82. The molecule has 134 valence electrons. The molecule has 1 aromatic carbocycles. The predicted octanol–water partition coefficient (Wildman–Crippen LogP) is 3.36. The molecule has 0 aliphatic carbocycles. The Labute approximate surface area is 155 Å². The number of nitrogens with zero attached hydrogens (tertiary/aromatic N) is 3. The van der Waals surface area contributed by atoms with Crippen molar-refractivity contribution in [2.24, 2.45) is 0 Å². The number of aromatic nitrogens is 4. The number of rotatable bonds is 5. The molecule has 0 bridgehead atoms. The number of aromatic amines is 1. The normalized spacial score (nSPS) is 16.7. The molecule has 4 rings (SSSR count). The molecule has 1 aliphatic rings. The lowest BCUT2D eigenvalue weighted by Crippen LogP contribution is -2.15. The smallest absolute Gasteiger partial charge is 0.273 e. The van der Waals surface area contributed by atoms with Crippen molar-refractivity contribution >= 4 is 23.2 Å². The molecule has 3 heterocycles. The molecule has 1 amide bonds. The summed E-state index contributed by atoms with van der Waals surface area (Å²) in [5.41, 5.74) is 2.37. The molecule has 0 saturated carbocycles. The molecule has 2 aromatic heterocycles. The number of hydrogen-bond acceptors (Lipinski definition) is 4. The summed E-state index contributed by atoms with van der Waals surface area (Å²) in [4.78, 5) is 12.4. The summed E-state index contributed by atoms with van der Waals surface area (Å²) in [5.74, 6) is -0.285. The van der Waals surface area contributed by atoms with Crippen LogP contribution in [0.25, 0.3) is 11.3 Å². The Morgan fingerprint density at radius 3 is 3.12 bits per heavy atom. The van der Waals surface area contributed by atoms with Crippen LogP contribution in [0.4, 0.5) is 5.69 Å². The molecule has 1 saturated heterocycles. The van der Waals surface area contributed by atoms with Crippen LogP contribution in [0, 0.1) is 0 Å². The molecule has 1 unspecified atom stereocenters. The highest BCUT2D eigenvalue weighted by Gasteiger charge is 2.17. The highest BCUT2D eigenvalue weighted by molar-refractivity contribution is 6.33. The maximum absolute atomic E-state index is 12.4. The van der Waals surface area contributed by atoms with Gasteiger partial charge in [-0.15, -0.1) is 0 Å². The van der Waals surface area contributed by atoms with Gasteiger partial charge in [0.2, 0.25) is 0 Å². The fraction of sp³-hybridized carbons (Fsp3) is 0.278. The van der Waals surface area contributed by atoms with Gasteiger partial charge in [0, 0.05) is 18.4 Å². The largest absolute Gasteiger partial charge is 0.376 e. The van der Waals surface area contributed by atoms with Gasteiger partial charge in [0.25, 0.3) is 5.91 Å². The third-order valence-electron chi connectivity index (χ3n) is 4.28. The number of ether oxygens (including phenoxy) is 1. The molecule has 8 heteroatoms. The summed E-state index contributed by atoms with van der Waals surface area (Å²) >= 11 is 6.17. The van der Waals surface area contributed by atoms with Gasteiger partial charge in [-0.2, -0.15) is 10.2 Å². The van der Waals surface area contributed by atoms with E-state index in [-0.39, 0.29) is 12.0 Å². The van der Waals surface area contributed by atoms with Gasteiger partial charge >= 0.3 is 0 Å². The lowest BCUT2D eigenvalue weighted by molar-refractivity contribution is 0.0940. The Balaban J connectivity index is 1.42. The van der Waals surface area contributed by atoms with Gasteiger partial charge in [0.1, 0.15) is 5.69 Å². The maximum atomic E-state index is 12.4. The van der Waals surface area contributed by atoms with Gasteiger partial charge in [0.15, 0.2) is 0 Å². The van der Waals surface area contributed by atoms with Gasteiger partial charge in [0.05, 0.1) is 35.2 Å². The van der Waals surface area contributed by atoms with Crippen LogP contribution in [0.5, 0.6) is 0 Å². The van der Waals surface area contributed by atoms with E-state index in [0.29, 0.717) is 28.6 Å². The third kappa shape index (κ3) is 3.63. The van der Waals surface area contributed by atoms with Crippen molar-refractivity contribution in [2.45, 2.75) is 25.5 Å². The van der Waals surface area contributed by atoms with Crippen molar-refractivity contribution in [1.82, 2.24) is 20.0 Å². The zero-order chi connectivity index (χ0) is 17.9. The monoisotopic (exact) mass is 371 g/mol. The van der Waals surface area contributed by atoms with Crippen molar-refractivity contribution in [1.29, 1.82) is 0 Å². The number of carbonyl (C=O) groups excluding carboxylic acids is 1. The first-order valence-electron chi connectivity index (χ1n) is 8.45. The minimum atomic E-state index is -0.285. The summed E-state index contributed by atoms with van der Waals surface area (Å²) in [7, 11) is 0. The van der Waals surface area contributed by atoms with Gasteiger partial charge in [-0.1, -0.05) is 29.8 Å². The highest BCUT2D eigenvalue weighted by atomic mass is 35.5. The predicted molar refractivity (Wildman–Crippen MR) is 98.2 cm³/mol. The Hall–Kier alpha value is -2.64. The lowest BCUT2D eigenvalue weighted by Gasteiger charge is -2.08. The van der Waals surface area contributed by atoms with E-state index in [1.54, 1.807) is 29.2 Å². The molecule has 1 atom stereocenters. The number of carbonyl (C=O) groups is 1. The van der Waals surface area contributed by atoms with Gasteiger partial charge in [-0.25, -0.2) is 0 Å². The quantitative estimate of drug-likeness (QED) is 0.720. The van der Waals surface area contributed by atoms with E-state index in [1.807, 2.05) is 18.2 Å².